The van der Waals surface area contributed by atoms with Gasteiger partial charge in [-0.1, -0.05) is 12.1 Å². The number of amides is 1. The normalized spacial score (nSPS) is 19.7. The van der Waals surface area contributed by atoms with Gasteiger partial charge in [0.15, 0.2) is 0 Å². The third-order valence-corrected chi connectivity index (χ3v) is 3.44. The van der Waals surface area contributed by atoms with Crippen LogP contribution in [0.15, 0.2) is 24.3 Å². The molecule has 21 heavy (non-hydrogen) atoms. The van der Waals surface area contributed by atoms with Gasteiger partial charge in [0.05, 0.1) is 12.1 Å². The molecule has 1 heterocycles. The average molecular weight is 304 g/mol. The van der Waals surface area contributed by atoms with Crippen LogP contribution >= 0.6 is 0 Å². The second-order valence-electron chi connectivity index (χ2n) is 5.19. The van der Waals surface area contributed by atoms with E-state index in [-0.39, 0.29) is 24.6 Å². The van der Waals surface area contributed by atoms with Crippen LogP contribution < -0.4 is 5.32 Å². The van der Waals surface area contributed by atoms with E-state index in [0.717, 1.165) is 0 Å². The van der Waals surface area contributed by atoms with E-state index in [4.69, 9.17) is 0 Å². The van der Waals surface area contributed by atoms with Gasteiger partial charge in [0, 0.05) is 13.1 Å². The van der Waals surface area contributed by atoms with Gasteiger partial charge in [0.25, 0.3) is 5.91 Å². The molecule has 7 heteroatoms. The lowest BCUT2D eigenvalue weighted by atomic mass is 10.1. The van der Waals surface area contributed by atoms with Gasteiger partial charge in [-0.3, -0.25) is 9.69 Å². The quantitative estimate of drug-likeness (QED) is 0.867. The predicted molar refractivity (Wildman–Crippen MR) is 69.3 cm³/mol. The van der Waals surface area contributed by atoms with Crippen LogP contribution in [0.5, 0.6) is 0 Å². The molecule has 0 bridgehead atoms. The maximum atomic E-state index is 13.4. The van der Waals surface area contributed by atoms with Crippen LogP contribution in [0.4, 0.5) is 17.6 Å². The van der Waals surface area contributed by atoms with E-state index in [1.165, 1.54) is 23.1 Å². The van der Waals surface area contributed by atoms with Crippen LogP contribution in [-0.2, 0) is 0 Å². The Morgan fingerprint density at radius 1 is 1.33 bits per heavy atom. The molecule has 1 unspecified atom stereocenters. The second-order valence-corrected chi connectivity index (χ2v) is 5.19. The first kappa shape index (κ1) is 15.8. The van der Waals surface area contributed by atoms with Crippen molar-refractivity contribution in [2.45, 2.75) is 12.6 Å². The summed E-state index contributed by atoms with van der Waals surface area (Å²) in [6.07, 6.45) is -3.61. The average Bonchev–Trinajstić information content (AvgIpc) is 2.82. The van der Waals surface area contributed by atoms with Gasteiger partial charge in [-0.15, -0.1) is 0 Å². The highest BCUT2D eigenvalue weighted by atomic mass is 19.4. The summed E-state index contributed by atoms with van der Waals surface area (Å²) in [4.78, 5) is 13.1. The lowest BCUT2D eigenvalue weighted by molar-refractivity contribution is -0.143. The van der Waals surface area contributed by atoms with Crippen molar-refractivity contribution in [1.29, 1.82) is 0 Å². The molecular weight excluding hydrogens is 288 g/mol. The van der Waals surface area contributed by atoms with Crippen LogP contribution in [-0.4, -0.2) is 43.2 Å². The lowest BCUT2D eigenvalue weighted by Gasteiger charge is -2.18. The van der Waals surface area contributed by atoms with Crippen LogP contribution in [0.1, 0.15) is 16.8 Å². The fraction of sp³-hybridized carbons (Fsp3) is 0.500. The van der Waals surface area contributed by atoms with Gasteiger partial charge in [-0.05, 0) is 31.0 Å². The predicted octanol–water partition coefficient (Wildman–Crippen LogP) is 2.44. The summed E-state index contributed by atoms with van der Waals surface area (Å²) in [6, 6.07) is 5.60. The molecule has 1 fully saturated rings. The minimum absolute atomic E-state index is 0.0388. The molecule has 1 aliphatic heterocycles. The molecular formula is C14H16F4N2O. The molecule has 1 N–H and O–H groups in total. The Morgan fingerprint density at radius 2 is 2.05 bits per heavy atom. The molecule has 0 aliphatic carbocycles. The number of hydrogen-bond acceptors (Lipinski definition) is 2. The summed E-state index contributed by atoms with van der Waals surface area (Å²) in [5, 5.41) is 2.58. The molecule has 1 aromatic carbocycles. The van der Waals surface area contributed by atoms with E-state index in [1.807, 2.05) is 0 Å². The first-order valence-corrected chi connectivity index (χ1v) is 6.67. The highest BCUT2D eigenvalue weighted by Gasteiger charge is 2.34. The summed E-state index contributed by atoms with van der Waals surface area (Å²) in [7, 11) is 0. The lowest BCUT2D eigenvalue weighted by Crippen LogP contribution is -2.34. The van der Waals surface area contributed by atoms with Gasteiger partial charge in [-0.2, -0.15) is 13.2 Å². The number of carbonyl (C=O) groups is 1. The molecule has 1 atom stereocenters. The van der Waals surface area contributed by atoms with E-state index in [0.29, 0.717) is 13.0 Å². The van der Waals surface area contributed by atoms with Crippen molar-refractivity contribution in [2.24, 2.45) is 5.92 Å². The fourth-order valence-electron chi connectivity index (χ4n) is 2.45. The molecule has 0 aromatic heterocycles. The first-order chi connectivity index (χ1) is 9.85. The third-order valence-electron chi connectivity index (χ3n) is 3.44. The number of alkyl halides is 3. The van der Waals surface area contributed by atoms with Gasteiger partial charge >= 0.3 is 6.18 Å². The Hall–Kier alpha value is -1.63. The number of halogens is 4. The second kappa shape index (κ2) is 6.43. The van der Waals surface area contributed by atoms with E-state index in [9.17, 15) is 22.4 Å². The Kier molecular flexibility index (Phi) is 4.82. The number of nitrogens with zero attached hydrogens (tertiary/aromatic N) is 1. The van der Waals surface area contributed by atoms with E-state index in [1.54, 1.807) is 6.07 Å². The van der Waals surface area contributed by atoms with Gasteiger partial charge in [-0.25, -0.2) is 4.39 Å². The highest BCUT2D eigenvalue weighted by molar-refractivity contribution is 5.94. The maximum Gasteiger partial charge on any atom is 0.401 e. The van der Waals surface area contributed by atoms with Gasteiger partial charge in [0.1, 0.15) is 5.82 Å². The Bertz CT molecular complexity index is 504. The molecule has 3 nitrogen and oxygen atoms in total. The van der Waals surface area contributed by atoms with Crippen LogP contribution in [0.2, 0.25) is 0 Å². The molecule has 0 saturated carbocycles. The first-order valence-electron chi connectivity index (χ1n) is 6.67. The minimum atomic E-state index is -4.20. The molecule has 1 aromatic rings. The number of likely N-dealkylation sites (tertiary alicyclic amines) is 1. The monoisotopic (exact) mass is 304 g/mol. The summed E-state index contributed by atoms with van der Waals surface area (Å²) >= 11 is 0. The van der Waals surface area contributed by atoms with Crippen LogP contribution in [0, 0.1) is 11.7 Å². The van der Waals surface area contributed by atoms with Crippen molar-refractivity contribution in [2.75, 3.05) is 26.2 Å². The fourth-order valence-corrected chi connectivity index (χ4v) is 2.45. The zero-order chi connectivity index (χ0) is 15.5. The van der Waals surface area contributed by atoms with E-state index >= 15 is 0 Å². The van der Waals surface area contributed by atoms with Crippen LogP contribution in [0.3, 0.4) is 0 Å². The van der Waals surface area contributed by atoms with Crippen molar-refractivity contribution < 1.29 is 22.4 Å². The van der Waals surface area contributed by atoms with E-state index in [2.05, 4.69) is 5.32 Å². The molecule has 0 spiro atoms. The van der Waals surface area contributed by atoms with Crippen molar-refractivity contribution in [3.8, 4) is 0 Å². The largest absolute Gasteiger partial charge is 0.401 e. The standard InChI is InChI=1S/C14H16F4N2O/c15-12-4-2-1-3-11(12)13(21)19-7-10-5-6-20(8-10)9-14(16,17)18/h1-4,10H,5-9H2,(H,19,21). The van der Waals surface area contributed by atoms with Crippen molar-refractivity contribution in [1.82, 2.24) is 10.2 Å². The summed E-state index contributed by atoms with van der Waals surface area (Å²) in [5.41, 5.74) is -0.0531. The third kappa shape index (κ3) is 4.70. The zero-order valence-electron chi connectivity index (χ0n) is 11.3. The topological polar surface area (TPSA) is 32.3 Å². The number of carbonyl (C=O) groups excluding carboxylic acids is 1. The molecule has 116 valence electrons. The summed E-state index contributed by atoms with van der Waals surface area (Å²) < 4.78 is 50.2. The molecule has 1 amide bonds. The van der Waals surface area contributed by atoms with Gasteiger partial charge < -0.3 is 5.32 Å². The zero-order valence-corrected chi connectivity index (χ0v) is 11.3. The van der Waals surface area contributed by atoms with Crippen molar-refractivity contribution >= 4 is 5.91 Å². The molecule has 1 saturated heterocycles. The summed E-state index contributed by atoms with van der Waals surface area (Å²) in [5.74, 6) is -1.19. The molecule has 0 radical (unpaired) electrons. The highest BCUT2D eigenvalue weighted by Crippen LogP contribution is 2.22. The SMILES string of the molecule is O=C(NCC1CCN(CC(F)(F)F)C1)c1ccccc1F. The minimum Gasteiger partial charge on any atom is -0.352 e. The van der Waals surface area contributed by atoms with Crippen molar-refractivity contribution in [3.05, 3.63) is 35.6 Å². The number of nitrogens with one attached hydrogen (secondary N) is 1. The van der Waals surface area contributed by atoms with Crippen molar-refractivity contribution in [3.63, 3.8) is 0 Å². The summed E-state index contributed by atoms with van der Waals surface area (Å²) in [6.45, 7) is -0.0247. The Balaban J connectivity index is 1.80. The van der Waals surface area contributed by atoms with Crippen LogP contribution in [0.25, 0.3) is 0 Å². The Labute approximate surface area is 119 Å². The molecule has 2 rings (SSSR count). The number of hydrogen-bond donors (Lipinski definition) is 1. The number of rotatable bonds is 4. The smallest absolute Gasteiger partial charge is 0.352 e. The van der Waals surface area contributed by atoms with E-state index < -0.39 is 24.4 Å². The molecule has 1 aliphatic rings. The Morgan fingerprint density at radius 3 is 2.71 bits per heavy atom. The number of benzene rings is 1. The maximum absolute atomic E-state index is 13.4. The van der Waals surface area contributed by atoms with Gasteiger partial charge in [0.2, 0.25) is 0 Å².